The third-order valence-corrected chi connectivity index (χ3v) is 3.61. The van der Waals surface area contributed by atoms with Crippen LogP contribution in [-0.4, -0.2) is 42.8 Å². The Morgan fingerprint density at radius 1 is 0.900 bits per heavy atom. The smallest absolute Gasteiger partial charge is 0.416 e. The van der Waals surface area contributed by atoms with Crippen molar-refractivity contribution in [3.63, 3.8) is 0 Å². The molecule has 0 amide bonds. The fourth-order valence-electron chi connectivity index (χ4n) is 2.41. The first-order valence-corrected chi connectivity index (χ1v) is 9.30. The predicted octanol–water partition coefficient (Wildman–Crippen LogP) is 3.57. The predicted molar refractivity (Wildman–Crippen MR) is 101 cm³/mol. The highest BCUT2D eigenvalue weighted by molar-refractivity contribution is 6.01. The summed E-state index contributed by atoms with van der Waals surface area (Å²) in [6.45, 7) is 7.68. The number of benzene rings is 1. The molecule has 7 nitrogen and oxygen atoms in total. The number of rotatable bonds is 8. The van der Waals surface area contributed by atoms with Crippen molar-refractivity contribution >= 4 is 23.6 Å². The van der Waals surface area contributed by atoms with Crippen LogP contribution in [0.5, 0.6) is 0 Å². The maximum atomic E-state index is 12.8. The summed E-state index contributed by atoms with van der Waals surface area (Å²) in [7, 11) is 0. The van der Waals surface area contributed by atoms with Crippen molar-refractivity contribution in [3.05, 3.63) is 29.8 Å². The topological polar surface area (TPSA) is 90.9 Å². The van der Waals surface area contributed by atoms with Crippen molar-refractivity contribution in [2.75, 3.05) is 18.5 Å². The standard InChI is InChI=1S/C20H26F3NO6/c1-6-28-16(25)14(17(26)29-7-2)15(18(27)30-19(3,4)5)24-13-10-8-12(9-11-13)20(21,22)23/h8-11,14-15,24H,6-7H2,1-5H3. The SMILES string of the molecule is CCOC(=O)C(C(=O)OCC)C(Nc1ccc(C(F)(F)F)cc1)C(=O)OC(C)(C)C. The van der Waals surface area contributed by atoms with Gasteiger partial charge in [0, 0.05) is 5.69 Å². The minimum atomic E-state index is -4.54. The van der Waals surface area contributed by atoms with E-state index in [1.165, 1.54) is 13.8 Å². The van der Waals surface area contributed by atoms with Gasteiger partial charge in [0.05, 0.1) is 18.8 Å². The van der Waals surface area contributed by atoms with Crippen molar-refractivity contribution in [2.45, 2.75) is 52.4 Å². The fourth-order valence-corrected chi connectivity index (χ4v) is 2.41. The van der Waals surface area contributed by atoms with Gasteiger partial charge in [0.2, 0.25) is 0 Å². The third-order valence-electron chi connectivity index (χ3n) is 3.61. The molecule has 0 saturated heterocycles. The van der Waals surface area contributed by atoms with Gasteiger partial charge >= 0.3 is 24.1 Å². The Bertz CT molecular complexity index is 722. The molecule has 1 aromatic rings. The summed E-state index contributed by atoms with van der Waals surface area (Å²) in [5.41, 5.74) is -1.78. The Kier molecular flexibility index (Phi) is 8.68. The van der Waals surface area contributed by atoms with E-state index in [4.69, 9.17) is 14.2 Å². The molecule has 0 radical (unpaired) electrons. The Morgan fingerprint density at radius 2 is 1.37 bits per heavy atom. The fraction of sp³-hybridized carbons (Fsp3) is 0.550. The summed E-state index contributed by atoms with van der Waals surface area (Å²) >= 11 is 0. The molecule has 0 aromatic heterocycles. The number of ether oxygens (including phenoxy) is 3. The van der Waals surface area contributed by atoms with E-state index in [1.807, 2.05) is 0 Å². The van der Waals surface area contributed by atoms with Crippen molar-refractivity contribution in [1.82, 2.24) is 0 Å². The van der Waals surface area contributed by atoms with Gasteiger partial charge < -0.3 is 19.5 Å². The van der Waals surface area contributed by atoms with Gasteiger partial charge in [-0.2, -0.15) is 13.2 Å². The average Bonchev–Trinajstić information content (AvgIpc) is 2.60. The van der Waals surface area contributed by atoms with Crippen LogP contribution in [0.3, 0.4) is 0 Å². The van der Waals surface area contributed by atoms with E-state index < -0.39 is 47.2 Å². The van der Waals surface area contributed by atoms with Crippen LogP contribution in [-0.2, 0) is 34.8 Å². The number of halogens is 3. The van der Waals surface area contributed by atoms with E-state index in [0.717, 1.165) is 24.3 Å². The molecule has 0 heterocycles. The summed E-state index contributed by atoms with van der Waals surface area (Å²) in [5, 5.41) is 2.62. The third kappa shape index (κ3) is 7.57. The van der Waals surface area contributed by atoms with Gasteiger partial charge in [-0.05, 0) is 58.9 Å². The molecular formula is C20H26F3NO6. The lowest BCUT2D eigenvalue weighted by Crippen LogP contribution is -2.49. The molecule has 0 bridgehead atoms. The van der Waals surface area contributed by atoms with Gasteiger partial charge in [0.15, 0.2) is 5.92 Å². The van der Waals surface area contributed by atoms with Gasteiger partial charge in [-0.3, -0.25) is 9.59 Å². The minimum Gasteiger partial charge on any atom is -0.465 e. The van der Waals surface area contributed by atoms with Crippen molar-refractivity contribution in [2.24, 2.45) is 5.92 Å². The lowest BCUT2D eigenvalue weighted by molar-refractivity contribution is -0.171. The van der Waals surface area contributed by atoms with E-state index in [0.29, 0.717) is 0 Å². The summed E-state index contributed by atoms with van der Waals surface area (Å²) in [6, 6.07) is 2.18. The van der Waals surface area contributed by atoms with Crippen LogP contribution in [0.25, 0.3) is 0 Å². The minimum absolute atomic E-state index is 0.0595. The second-order valence-corrected chi connectivity index (χ2v) is 7.21. The van der Waals surface area contributed by atoms with E-state index in [2.05, 4.69) is 5.32 Å². The van der Waals surface area contributed by atoms with Gasteiger partial charge in [0.25, 0.3) is 0 Å². The van der Waals surface area contributed by atoms with Crippen LogP contribution in [0, 0.1) is 5.92 Å². The van der Waals surface area contributed by atoms with Gasteiger partial charge in [-0.1, -0.05) is 0 Å². The summed E-state index contributed by atoms with van der Waals surface area (Å²) in [4.78, 5) is 37.6. The zero-order valence-corrected chi connectivity index (χ0v) is 17.5. The maximum absolute atomic E-state index is 12.8. The van der Waals surface area contributed by atoms with Crippen LogP contribution in [0.4, 0.5) is 18.9 Å². The number of hydrogen-bond acceptors (Lipinski definition) is 7. The van der Waals surface area contributed by atoms with Crippen LogP contribution in [0.15, 0.2) is 24.3 Å². The number of alkyl halides is 3. The normalized spacial score (nSPS) is 12.8. The number of nitrogens with one attached hydrogen (secondary N) is 1. The highest BCUT2D eigenvalue weighted by atomic mass is 19.4. The summed E-state index contributed by atoms with van der Waals surface area (Å²) in [5.74, 6) is -4.73. The maximum Gasteiger partial charge on any atom is 0.416 e. The monoisotopic (exact) mass is 433 g/mol. The van der Waals surface area contributed by atoms with E-state index in [9.17, 15) is 27.6 Å². The Labute approximate surface area is 172 Å². The zero-order chi connectivity index (χ0) is 23.1. The average molecular weight is 433 g/mol. The van der Waals surface area contributed by atoms with Crippen molar-refractivity contribution in [3.8, 4) is 0 Å². The number of anilines is 1. The molecule has 1 atom stereocenters. The molecule has 0 fully saturated rings. The van der Waals surface area contributed by atoms with E-state index >= 15 is 0 Å². The molecule has 0 spiro atoms. The lowest BCUT2D eigenvalue weighted by Gasteiger charge is -2.28. The second kappa shape index (κ2) is 10.3. The van der Waals surface area contributed by atoms with E-state index in [1.54, 1.807) is 20.8 Å². The molecular weight excluding hydrogens is 407 g/mol. The molecule has 1 aromatic carbocycles. The molecule has 0 aliphatic carbocycles. The summed E-state index contributed by atoms with van der Waals surface area (Å²) < 4.78 is 53.5. The molecule has 1 rings (SSSR count). The summed E-state index contributed by atoms with van der Waals surface area (Å²) in [6.07, 6.45) is -4.54. The van der Waals surface area contributed by atoms with Crippen LogP contribution >= 0.6 is 0 Å². The van der Waals surface area contributed by atoms with Gasteiger partial charge in [0.1, 0.15) is 11.6 Å². The number of esters is 3. The molecule has 0 saturated carbocycles. The molecule has 0 aliphatic heterocycles. The molecule has 168 valence electrons. The lowest BCUT2D eigenvalue weighted by atomic mass is 9.98. The Balaban J connectivity index is 3.32. The van der Waals surface area contributed by atoms with Crippen LogP contribution in [0.1, 0.15) is 40.2 Å². The zero-order valence-electron chi connectivity index (χ0n) is 17.5. The highest BCUT2D eigenvalue weighted by Crippen LogP contribution is 2.30. The van der Waals surface area contributed by atoms with Gasteiger partial charge in [-0.25, -0.2) is 4.79 Å². The molecule has 10 heteroatoms. The van der Waals surface area contributed by atoms with E-state index in [-0.39, 0.29) is 18.9 Å². The first-order chi connectivity index (χ1) is 13.8. The quantitative estimate of drug-likeness (QED) is 0.381. The largest absolute Gasteiger partial charge is 0.465 e. The van der Waals surface area contributed by atoms with Crippen LogP contribution in [0.2, 0.25) is 0 Å². The molecule has 0 aliphatic rings. The molecule has 1 unspecified atom stereocenters. The van der Waals surface area contributed by atoms with Crippen molar-refractivity contribution in [1.29, 1.82) is 0 Å². The highest BCUT2D eigenvalue weighted by Gasteiger charge is 2.44. The molecule has 30 heavy (non-hydrogen) atoms. The number of hydrogen-bond donors (Lipinski definition) is 1. The Hall–Kier alpha value is -2.78. The molecule has 1 N–H and O–H groups in total. The first-order valence-electron chi connectivity index (χ1n) is 9.30. The number of carbonyl (C=O) groups excluding carboxylic acids is 3. The van der Waals surface area contributed by atoms with Crippen molar-refractivity contribution < 1.29 is 41.8 Å². The first kappa shape index (κ1) is 25.3. The second-order valence-electron chi connectivity index (χ2n) is 7.21. The van der Waals surface area contributed by atoms with Gasteiger partial charge in [-0.15, -0.1) is 0 Å². The number of carbonyl (C=O) groups is 3. The van der Waals surface area contributed by atoms with Crippen LogP contribution < -0.4 is 5.32 Å². The Morgan fingerprint density at radius 3 is 1.73 bits per heavy atom.